The zero-order valence-corrected chi connectivity index (χ0v) is 19.8. The number of hydrogen-bond acceptors (Lipinski definition) is 7. The van der Waals surface area contributed by atoms with Crippen molar-refractivity contribution in [2.75, 3.05) is 81.8 Å². The van der Waals surface area contributed by atoms with E-state index in [1.54, 1.807) is 0 Å². The average Bonchev–Trinajstić information content (AvgIpc) is 2.87. The molecule has 0 aromatic carbocycles. The van der Waals surface area contributed by atoms with Gasteiger partial charge in [-0.15, -0.1) is 0 Å². The maximum absolute atomic E-state index is 12.6. The number of likely N-dealkylation sites (N-methyl/N-ethyl adjacent to an activating group) is 1. The number of nitrogens with one attached hydrogen (secondary N) is 1. The largest absolute Gasteiger partial charge is 0.369 e. The molecule has 0 bridgehead atoms. The van der Waals surface area contributed by atoms with Crippen LogP contribution >= 0.6 is 0 Å². The van der Waals surface area contributed by atoms with Crippen LogP contribution in [-0.4, -0.2) is 97.7 Å². The Morgan fingerprint density at radius 2 is 1.56 bits per heavy atom. The van der Waals surface area contributed by atoms with Gasteiger partial charge in [0.2, 0.25) is 11.9 Å². The fraction of sp³-hybridized carbons (Fsp3) is 0.792. The van der Waals surface area contributed by atoms with E-state index in [4.69, 9.17) is 0 Å². The van der Waals surface area contributed by atoms with Crippen molar-refractivity contribution in [3.63, 3.8) is 0 Å². The minimum Gasteiger partial charge on any atom is -0.369 e. The van der Waals surface area contributed by atoms with Crippen LogP contribution in [-0.2, 0) is 4.79 Å². The summed E-state index contributed by atoms with van der Waals surface area (Å²) in [5.74, 6) is 1.22. The van der Waals surface area contributed by atoms with Crippen molar-refractivity contribution in [1.82, 2.24) is 25.1 Å². The molecule has 32 heavy (non-hydrogen) atoms. The summed E-state index contributed by atoms with van der Waals surface area (Å²) in [5.41, 5.74) is 1.08. The standard InChI is InChI=1S/C24H41N7O/c1-2-28-15-17-29(18-16-28)10-6-9-25-23(32)21-7-13-30(14-8-21)22-19-26-24(27-20-22)31-11-4-3-5-12-31/h19-21H,2-18H2,1H3,(H,25,32). The van der Waals surface area contributed by atoms with Crippen molar-refractivity contribution in [3.05, 3.63) is 12.4 Å². The molecule has 0 spiro atoms. The quantitative estimate of drug-likeness (QED) is 0.615. The summed E-state index contributed by atoms with van der Waals surface area (Å²) in [6.45, 7) is 13.8. The normalized spacial score (nSPS) is 21.7. The number of piperazine rings is 1. The van der Waals surface area contributed by atoms with E-state index in [1.165, 1.54) is 32.4 Å². The van der Waals surface area contributed by atoms with Gasteiger partial charge >= 0.3 is 0 Å². The Labute approximate surface area is 193 Å². The lowest BCUT2D eigenvalue weighted by Crippen LogP contribution is -2.46. The van der Waals surface area contributed by atoms with Crippen LogP contribution < -0.4 is 15.1 Å². The lowest BCUT2D eigenvalue weighted by atomic mass is 9.95. The molecular weight excluding hydrogens is 402 g/mol. The molecule has 3 aliphatic heterocycles. The number of amides is 1. The molecule has 8 nitrogen and oxygen atoms in total. The van der Waals surface area contributed by atoms with Crippen LogP contribution in [0.2, 0.25) is 0 Å². The van der Waals surface area contributed by atoms with Crippen LogP contribution in [0.1, 0.15) is 45.4 Å². The molecule has 4 heterocycles. The molecule has 0 radical (unpaired) electrons. The van der Waals surface area contributed by atoms with Gasteiger partial charge in [-0.3, -0.25) is 4.79 Å². The monoisotopic (exact) mass is 443 g/mol. The highest BCUT2D eigenvalue weighted by atomic mass is 16.1. The summed E-state index contributed by atoms with van der Waals surface area (Å²) < 4.78 is 0. The van der Waals surface area contributed by atoms with Crippen LogP contribution in [0, 0.1) is 5.92 Å². The highest BCUT2D eigenvalue weighted by Crippen LogP contribution is 2.24. The summed E-state index contributed by atoms with van der Waals surface area (Å²) >= 11 is 0. The Morgan fingerprint density at radius 1 is 0.906 bits per heavy atom. The lowest BCUT2D eigenvalue weighted by molar-refractivity contribution is -0.125. The molecule has 1 aromatic heterocycles. The molecule has 1 N–H and O–H groups in total. The molecule has 1 aromatic rings. The van der Waals surface area contributed by atoms with Gasteiger partial charge in [0.1, 0.15) is 0 Å². The number of carbonyl (C=O) groups excluding carboxylic acids is 1. The van der Waals surface area contributed by atoms with E-state index in [2.05, 4.69) is 41.8 Å². The average molecular weight is 444 g/mol. The second-order valence-electron chi connectivity index (χ2n) is 9.47. The van der Waals surface area contributed by atoms with Gasteiger partial charge in [0, 0.05) is 64.8 Å². The van der Waals surface area contributed by atoms with Crippen molar-refractivity contribution >= 4 is 17.5 Å². The zero-order chi connectivity index (χ0) is 22.2. The predicted molar refractivity (Wildman–Crippen MR) is 129 cm³/mol. The predicted octanol–water partition coefficient (Wildman–Crippen LogP) is 1.83. The van der Waals surface area contributed by atoms with Crippen molar-refractivity contribution in [1.29, 1.82) is 0 Å². The fourth-order valence-electron chi connectivity index (χ4n) is 5.12. The van der Waals surface area contributed by atoms with E-state index < -0.39 is 0 Å². The van der Waals surface area contributed by atoms with E-state index >= 15 is 0 Å². The SMILES string of the molecule is CCN1CCN(CCCNC(=O)C2CCN(c3cnc(N4CCCCC4)nc3)CC2)CC1. The van der Waals surface area contributed by atoms with Gasteiger partial charge in [0.05, 0.1) is 18.1 Å². The first kappa shape index (κ1) is 23.2. The Morgan fingerprint density at radius 3 is 2.22 bits per heavy atom. The maximum atomic E-state index is 12.6. The maximum Gasteiger partial charge on any atom is 0.225 e. The van der Waals surface area contributed by atoms with Crippen molar-refractivity contribution in [2.24, 2.45) is 5.92 Å². The number of aromatic nitrogens is 2. The second-order valence-corrected chi connectivity index (χ2v) is 9.47. The van der Waals surface area contributed by atoms with Crippen LogP contribution in [0.25, 0.3) is 0 Å². The lowest BCUT2D eigenvalue weighted by Gasteiger charge is -2.34. The molecule has 0 atom stereocenters. The Bertz CT molecular complexity index is 691. The molecule has 0 aliphatic carbocycles. The van der Waals surface area contributed by atoms with Crippen molar-refractivity contribution in [2.45, 2.75) is 45.4 Å². The molecule has 3 saturated heterocycles. The smallest absolute Gasteiger partial charge is 0.225 e. The molecule has 3 aliphatic rings. The Balaban J connectivity index is 1.12. The first-order chi connectivity index (χ1) is 15.7. The number of piperidine rings is 2. The highest BCUT2D eigenvalue weighted by molar-refractivity contribution is 5.78. The minimum atomic E-state index is 0.132. The summed E-state index contributed by atoms with van der Waals surface area (Å²) in [7, 11) is 0. The van der Waals surface area contributed by atoms with E-state index in [9.17, 15) is 4.79 Å². The fourth-order valence-corrected chi connectivity index (χ4v) is 5.12. The van der Waals surface area contributed by atoms with Gasteiger partial charge in [-0.1, -0.05) is 6.92 Å². The van der Waals surface area contributed by atoms with Crippen LogP contribution in [0.5, 0.6) is 0 Å². The first-order valence-corrected chi connectivity index (χ1v) is 12.8. The third-order valence-corrected chi connectivity index (χ3v) is 7.36. The number of nitrogens with zero attached hydrogens (tertiary/aromatic N) is 6. The number of anilines is 2. The summed E-state index contributed by atoms with van der Waals surface area (Å²) in [4.78, 5) is 31.5. The molecule has 0 saturated carbocycles. The summed E-state index contributed by atoms with van der Waals surface area (Å²) in [6, 6.07) is 0. The molecule has 1 amide bonds. The minimum absolute atomic E-state index is 0.132. The van der Waals surface area contributed by atoms with Gasteiger partial charge in [-0.2, -0.15) is 0 Å². The molecule has 0 unspecified atom stereocenters. The van der Waals surface area contributed by atoms with E-state index in [1.807, 2.05) is 12.4 Å². The zero-order valence-electron chi connectivity index (χ0n) is 19.8. The topological polar surface area (TPSA) is 67.8 Å². The number of rotatable bonds is 8. The van der Waals surface area contributed by atoms with Gasteiger partial charge in [-0.05, 0) is 51.6 Å². The number of carbonyl (C=O) groups is 1. The van der Waals surface area contributed by atoms with Crippen molar-refractivity contribution in [3.8, 4) is 0 Å². The van der Waals surface area contributed by atoms with E-state index in [0.717, 1.165) is 89.8 Å². The summed E-state index contributed by atoms with van der Waals surface area (Å²) in [6.07, 6.45) is 10.5. The first-order valence-electron chi connectivity index (χ1n) is 12.8. The Hall–Kier alpha value is -1.93. The molecular formula is C24H41N7O. The van der Waals surface area contributed by atoms with Gasteiger partial charge in [0.25, 0.3) is 0 Å². The third-order valence-electron chi connectivity index (χ3n) is 7.36. The van der Waals surface area contributed by atoms with Gasteiger partial charge in [0.15, 0.2) is 0 Å². The van der Waals surface area contributed by atoms with E-state index in [-0.39, 0.29) is 11.8 Å². The van der Waals surface area contributed by atoms with Crippen LogP contribution in [0.4, 0.5) is 11.6 Å². The molecule has 4 rings (SSSR count). The second kappa shape index (κ2) is 11.8. The Kier molecular flexibility index (Phi) is 8.56. The number of hydrogen-bond donors (Lipinski definition) is 1. The van der Waals surface area contributed by atoms with Crippen LogP contribution in [0.15, 0.2) is 12.4 Å². The van der Waals surface area contributed by atoms with Gasteiger partial charge < -0.3 is 24.9 Å². The molecule has 3 fully saturated rings. The summed E-state index contributed by atoms with van der Waals surface area (Å²) in [5, 5.41) is 3.19. The molecule has 8 heteroatoms. The van der Waals surface area contributed by atoms with E-state index in [0.29, 0.717) is 0 Å². The third kappa shape index (κ3) is 6.32. The van der Waals surface area contributed by atoms with Gasteiger partial charge in [-0.25, -0.2) is 9.97 Å². The molecule has 178 valence electrons. The van der Waals surface area contributed by atoms with Crippen molar-refractivity contribution < 1.29 is 4.79 Å². The van der Waals surface area contributed by atoms with Crippen LogP contribution in [0.3, 0.4) is 0 Å². The highest BCUT2D eigenvalue weighted by Gasteiger charge is 2.25.